The Morgan fingerprint density at radius 1 is 1.09 bits per heavy atom. The summed E-state index contributed by atoms with van der Waals surface area (Å²) in [6.45, 7) is 3.75. The first-order valence-corrected chi connectivity index (χ1v) is 11.3. The number of amides is 1. The van der Waals surface area contributed by atoms with E-state index >= 15 is 0 Å². The van der Waals surface area contributed by atoms with Crippen LogP contribution >= 0.6 is 0 Å². The topological polar surface area (TPSA) is 73.4 Å². The summed E-state index contributed by atoms with van der Waals surface area (Å²) in [5.74, 6) is -0.466. The summed E-state index contributed by atoms with van der Waals surface area (Å²) in [4.78, 5) is 26.4. The number of benzene rings is 2. The Morgan fingerprint density at radius 3 is 2.59 bits per heavy atom. The van der Waals surface area contributed by atoms with Crippen LogP contribution in [0, 0.1) is 18.6 Å². The molecule has 0 saturated carbocycles. The number of carbonyl (C=O) groups is 1. The molecule has 176 valence electrons. The molecule has 2 aliphatic heterocycles. The molecule has 2 N–H and O–H groups in total. The van der Waals surface area contributed by atoms with Crippen molar-refractivity contribution >= 4 is 23.4 Å². The average Bonchev–Trinajstić information content (AvgIpc) is 2.81. The Bertz CT molecular complexity index is 1240. The minimum absolute atomic E-state index is 0.0687. The molecule has 0 atom stereocenters. The van der Waals surface area contributed by atoms with Crippen molar-refractivity contribution in [3.63, 3.8) is 0 Å². The molecule has 34 heavy (non-hydrogen) atoms. The van der Waals surface area contributed by atoms with E-state index in [1.165, 1.54) is 18.2 Å². The summed E-state index contributed by atoms with van der Waals surface area (Å²) in [5, 5.41) is 6.22. The Balaban J connectivity index is 1.67. The maximum Gasteiger partial charge on any atom is 0.258 e. The van der Waals surface area contributed by atoms with Gasteiger partial charge >= 0.3 is 0 Å². The lowest BCUT2D eigenvalue weighted by molar-refractivity contribution is 0.0949. The fourth-order valence-electron chi connectivity index (χ4n) is 4.53. The van der Waals surface area contributed by atoms with Gasteiger partial charge in [-0.05, 0) is 75.8 Å². The quantitative estimate of drug-likeness (QED) is 0.606. The first kappa shape index (κ1) is 22.2. The largest absolute Gasteiger partial charge is 0.351 e. The minimum atomic E-state index is -0.424. The summed E-state index contributed by atoms with van der Waals surface area (Å²) in [7, 11) is 2.09. The zero-order chi connectivity index (χ0) is 23.8. The number of hydrogen-bond acceptors (Lipinski definition) is 6. The number of fused-ring (bicyclic) bond motifs is 1. The molecule has 5 rings (SSSR count). The predicted molar refractivity (Wildman–Crippen MR) is 127 cm³/mol. The number of anilines is 3. The van der Waals surface area contributed by atoms with Gasteiger partial charge in [-0.3, -0.25) is 4.79 Å². The second-order valence-corrected chi connectivity index (χ2v) is 8.82. The minimum Gasteiger partial charge on any atom is -0.351 e. The summed E-state index contributed by atoms with van der Waals surface area (Å²) < 4.78 is 28.6. The van der Waals surface area contributed by atoms with Crippen molar-refractivity contribution in [2.24, 2.45) is 0 Å². The van der Waals surface area contributed by atoms with Gasteiger partial charge in [-0.15, -0.1) is 0 Å². The molecule has 0 unspecified atom stereocenters. The van der Waals surface area contributed by atoms with Crippen molar-refractivity contribution in [3.05, 3.63) is 65.2 Å². The van der Waals surface area contributed by atoms with Crippen LogP contribution in [0.25, 0.3) is 11.3 Å². The van der Waals surface area contributed by atoms with Crippen molar-refractivity contribution in [1.82, 2.24) is 20.2 Å². The van der Waals surface area contributed by atoms with E-state index in [4.69, 9.17) is 9.97 Å². The number of aryl methyl sites for hydroxylation is 1. The van der Waals surface area contributed by atoms with Gasteiger partial charge in [-0.25, -0.2) is 13.8 Å². The van der Waals surface area contributed by atoms with Gasteiger partial charge in [0.2, 0.25) is 5.95 Å². The number of halogens is 2. The van der Waals surface area contributed by atoms with Crippen LogP contribution in [0.5, 0.6) is 0 Å². The number of hydrogen-bond donors (Lipinski definition) is 2. The summed E-state index contributed by atoms with van der Waals surface area (Å²) >= 11 is 0. The smallest absolute Gasteiger partial charge is 0.258 e. The second kappa shape index (κ2) is 8.98. The number of para-hydroxylation sites is 1. The predicted octanol–water partition coefficient (Wildman–Crippen LogP) is 4.08. The normalized spacial score (nSPS) is 16.8. The highest BCUT2D eigenvalue weighted by atomic mass is 19.1. The van der Waals surface area contributed by atoms with Gasteiger partial charge in [0.25, 0.3) is 5.91 Å². The number of carbonyl (C=O) groups excluding carboxylic acids is 1. The van der Waals surface area contributed by atoms with Crippen LogP contribution in [-0.4, -0.2) is 53.6 Å². The Labute approximate surface area is 196 Å². The molecule has 7 nitrogen and oxygen atoms in total. The van der Waals surface area contributed by atoms with E-state index in [1.807, 2.05) is 0 Å². The lowest BCUT2D eigenvalue weighted by atomic mass is 9.99. The van der Waals surface area contributed by atoms with Crippen molar-refractivity contribution in [2.45, 2.75) is 25.8 Å². The molecule has 1 amide bonds. The van der Waals surface area contributed by atoms with Crippen LogP contribution in [0.1, 0.15) is 28.8 Å². The molecule has 3 heterocycles. The van der Waals surface area contributed by atoms with Crippen LogP contribution in [0.3, 0.4) is 0 Å². The number of aromatic nitrogens is 2. The van der Waals surface area contributed by atoms with Crippen LogP contribution in [0.15, 0.2) is 42.5 Å². The summed E-state index contributed by atoms with van der Waals surface area (Å²) in [5.41, 5.74) is 2.18. The molecule has 1 saturated heterocycles. The van der Waals surface area contributed by atoms with Gasteiger partial charge in [-0.2, -0.15) is 4.98 Å². The van der Waals surface area contributed by atoms with E-state index in [1.54, 1.807) is 36.1 Å². The van der Waals surface area contributed by atoms with Crippen LogP contribution < -0.4 is 15.5 Å². The molecule has 9 heteroatoms. The molecule has 0 spiro atoms. The van der Waals surface area contributed by atoms with Gasteiger partial charge in [0.1, 0.15) is 17.2 Å². The maximum atomic E-state index is 14.7. The van der Waals surface area contributed by atoms with Crippen molar-refractivity contribution in [2.75, 3.05) is 37.0 Å². The Hall–Kier alpha value is -3.59. The van der Waals surface area contributed by atoms with Gasteiger partial charge in [0.15, 0.2) is 5.82 Å². The lowest BCUT2D eigenvalue weighted by Crippen LogP contribution is -2.43. The van der Waals surface area contributed by atoms with Crippen molar-refractivity contribution in [1.29, 1.82) is 0 Å². The maximum absolute atomic E-state index is 14.7. The number of nitrogens with one attached hydrogen (secondary N) is 2. The van der Waals surface area contributed by atoms with Crippen molar-refractivity contribution < 1.29 is 13.6 Å². The highest BCUT2D eigenvalue weighted by molar-refractivity contribution is 6.07. The standard InChI is InChI=1S/C25H26F2N6O/c1-15-13-16(26)7-8-18(15)22-21-23(31-25(30-22)29-17-9-11-32(2)12-10-17)33(14-28-24(21)34)20-6-4-3-5-19(20)27/h3-8,13,17H,9-12,14H2,1-2H3,(H,28,34)(H,29,30,31). The number of nitrogens with zero attached hydrogens (tertiary/aromatic N) is 4. The monoisotopic (exact) mass is 464 g/mol. The lowest BCUT2D eigenvalue weighted by Gasteiger charge is -2.33. The van der Waals surface area contributed by atoms with E-state index in [0.717, 1.165) is 25.9 Å². The average molecular weight is 465 g/mol. The molecular weight excluding hydrogens is 438 g/mol. The highest BCUT2D eigenvalue weighted by Gasteiger charge is 2.32. The van der Waals surface area contributed by atoms with Crippen LogP contribution in [0.4, 0.5) is 26.2 Å². The fourth-order valence-corrected chi connectivity index (χ4v) is 4.53. The van der Waals surface area contributed by atoms with Gasteiger partial charge in [0, 0.05) is 11.6 Å². The zero-order valence-electron chi connectivity index (χ0n) is 19.1. The van der Waals surface area contributed by atoms with Crippen LogP contribution in [0.2, 0.25) is 0 Å². The van der Waals surface area contributed by atoms with Gasteiger partial charge in [-0.1, -0.05) is 12.1 Å². The molecule has 0 aliphatic carbocycles. The first-order chi connectivity index (χ1) is 16.4. The first-order valence-electron chi connectivity index (χ1n) is 11.3. The van der Waals surface area contributed by atoms with E-state index in [2.05, 4.69) is 22.6 Å². The SMILES string of the molecule is Cc1cc(F)ccc1-c1nc(NC2CCN(C)CC2)nc2c1C(=O)NCN2c1ccccc1F. The second-order valence-electron chi connectivity index (χ2n) is 8.82. The van der Waals surface area contributed by atoms with E-state index < -0.39 is 5.82 Å². The van der Waals surface area contributed by atoms with Crippen LogP contribution in [-0.2, 0) is 0 Å². The van der Waals surface area contributed by atoms with Gasteiger partial charge < -0.3 is 20.4 Å². The van der Waals surface area contributed by atoms with E-state index in [9.17, 15) is 13.6 Å². The molecule has 1 aromatic heterocycles. The summed E-state index contributed by atoms with van der Waals surface area (Å²) in [6, 6.07) is 10.9. The molecule has 1 fully saturated rings. The third kappa shape index (κ3) is 4.19. The number of rotatable bonds is 4. The molecule has 2 aromatic carbocycles. The molecule has 3 aromatic rings. The third-order valence-corrected chi connectivity index (χ3v) is 6.41. The Morgan fingerprint density at radius 2 is 1.85 bits per heavy atom. The fraction of sp³-hybridized carbons (Fsp3) is 0.320. The Kier molecular flexibility index (Phi) is 5.87. The highest BCUT2D eigenvalue weighted by Crippen LogP contribution is 2.37. The molecule has 0 radical (unpaired) electrons. The molecular formula is C25H26F2N6O. The zero-order valence-corrected chi connectivity index (χ0v) is 19.1. The number of likely N-dealkylation sites (tertiary alicyclic amines) is 1. The van der Waals surface area contributed by atoms with Crippen molar-refractivity contribution in [3.8, 4) is 11.3 Å². The molecule has 2 aliphatic rings. The third-order valence-electron chi connectivity index (χ3n) is 6.41. The van der Waals surface area contributed by atoms with E-state index in [-0.39, 0.29) is 30.0 Å². The molecule has 0 bridgehead atoms. The van der Waals surface area contributed by atoms with E-state index in [0.29, 0.717) is 34.3 Å². The van der Waals surface area contributed by atoms with Gasteiger partial charge in [0.05, 0.1) is 18.1 Å². The summed E-state index contributed by atoms with van der Waals surface area (Å²) in [6.07, 6.45) is 1.86. The number of piperidine rings is 1.